The quantitative estimate of drug-likeness (QED) is 0.176. The summed E-state index contributed by atoms with van der Waals surface area (Å²) in [6.45, 7) is 3.00. The van der Waals surface area contributed by atoms with Crippen molar-refractivity contribution in [3.05, 3.63) is 92.9 Å². The highest BCUT2D eigenvalue weighted by Crippen LogP contribution is 2.29. The van der Waals surface area contributed by atoms with Crippen LogP contribution in [0.15, 0.2) is 76.8 Å². The third-order valence-corrected chi connectivity index (χ3v) is 6.41. The molecule has 0 radical (unpaired) electrons. The van der Waals surface area contributed by atoms with E-state index in [9.17, 15) is 14.4 Å². The average molecular weight is 584 g/mol. The summed E-state index contributed by atoms with van der Waals surface area (Å²) in [6.07, 6.45) is 3.38. The lowest BCUT2D eigenvalue weighted by Gasteiger charge is -2.26. The van der Waals surface area contributed by atoms with E-state index >= 15 is 0 Å². The van der Waals surface area contributed by atoms with Crippen LogP contribution in [0.1, 0.15) is 30.9 Å². The third-order valence-electron chi connectivity index (χ3n) is 5.54. The van der Waals surface area contributed by atoms with E-state index in [0.717, 1.165) is 23.3 Å². The molecule has 1 fully saturated rings. The number of nitrogens with one attached hydrogen (secondary N) is 1. The van der Waals surface area contributed by atoms with Gasteiger partial charge in [0.2, 0.25) is 0 Å². The maximum Gasteiger partial charge on any atom is 0.335 e. The Labute approximate surface area is 228 Å². The number of hydrogen-bond acceptors (Lipinski definition) is 5. The van der Waals surface area contributed by atoms with Crippen molar-refractivity contribution in [2.24, 2.45) is 0 Å². The molecule has 7 nitrogen and oxygen atoms in total. The van der Waals surface area contributed by atoms with Gasteiger partial charge in [0, 0.05) is 5.02 Å². The number of carbonyl (C=O) groups excluding carboxylic acids is 3. The van der Waals surface area contributed by atoms with Crippen LogP contribution >= 0.6 is 27.5 Å². The molecule has 1 aliphatic rings. The first-order chi connectivity index (χ1) is 17.9. The van der Waals surface area contributed by atoms with Crippen LogP contribution in [-0.4, -0.2) is 24.5 Å². The number of ether oxygens (including phenoxy) is 2. The number of rotatable bonds is 9. The van der Waals surface area contributed by atoms with Crippen LogP contribution in [0.25, 0.3) is 6.08 Å². The van der Waals surface area contributed by atoms with Gasteiger partial charge in [-0.1, -0.05) is 43.1 Å². The predicted molar refractivity (Wildman–Crippen MR) is 146 cm³/mol. The Morgan fingerprint density at radius 1 is 0.973 bits per heavy atom. The van der Waals surface area contributed by atoms with E-state index in [4.69, 9.17) is 21.1 Å². The number of imide groups is 2. The number of halogens is 2. The fraction of sp³-hybridized carbons (Fsp3) is 0.179. The molecule has 0 unspecified atom stereocenters. The molecular formula is C28H24BrClN2O5. The molecule has 1 aliphatic heterocycles. The van der Waals surface area contributed by atoms with E-state index < -0.39 is 17.8 Å². The topological polar surface area (TPSA) is 84.9 Å². The summed E-state index contributed by atoms with van der Waals surface area (Å²) in [6, 6.07) is 18.3. The SMILES string of the molecule is CCCCOc1ccc(N2C(=O)NC(=O)/C(=C/c3ccc(OCc4ccc(Cl)cc4)c(Br)c3)C2=O)cc1. The van der Waals surface area contributed by atoms with Gasteiger partial charge in [-0.25, -0.2) is 9.69 Å². The van der Waals surface area contributed by atoms with E-state index in [1.54, 1.807) is 54.6 Å². The first kappa shape index (κ1) is 26.4. The summed E-state index contributed by atoms with van der Waals surface area (Å²) in [5.74, 6) is -0.246. The van der Waals surface area contributed by atoms with Crippen molar-refractivity contribution < 1.29 is 23.9 Å². The summed E-state index contributed by atoms with van der Waals surface area (Å²) in [5, 5.41) is 2.89. The fourth-order valence-corrected chi connectivity index (χ4v) is 4.19. The average Bonchev–Trinajstić information content (AvgIpc) is 2.88. The molecule has 4 amide bonds. The second-order valence-corrected chi connectivity index (χ2v) is 9.55. The van der Waals surface area contributed by atoms with Crippen LogP contribution in [-0.2, 0) is 16.2 Å². The van der Waals surface area contributed by atoms with Crippen molar-refractivity contribution >= 4 is 57.1 Å². The number of barbiturate groups is 1. The number of amides is 4. The van der Waals surface area contributed by atoms with Crippen molar-refractivity contribution in [2.45, 2.75) is 26.4 Å². The Kier molecular flexibility index (Phi) is 8.63. The monoisotopic (exact) mass is 582 g/mol. The lowest BCUT2D eigenvalue weighted by atomic mass is 10.1. The number of nitrogens with zero attached hydrogens (tertiary/aromatic N) is 1. The molecule has 9 heteroatoms. The second kappa shape index (κ2) is 12.1. The van der Waals surface area contributed by atoms with Crippen LogP contribution in [0.4, 0.5) is 10.5 Å². The lowest BCUT2D eigenvalue weighted by molar-refractivity contribution is -0.122. The summed E-state index contributed by atoms with van der Waals surface area (Å²) in [5.41, 5.74) is 1.70. The van der Waals surface area contributed by atoms with Gasteiger partial charge in [-0.3, -0.25) is 14.9 Å². The van der Waals surface area contributed by atoms with Gasteiger partial charge in [0.15, 0.2) is 0 Å². The number of hydrogen-bond donors (Lipinski definition) is 1. The molecular weight excluding hydrogens is 560 g/mol. The number of benzene rings is 3. The molecule has 0 aliphatic carbocycles. The first-order valence-electron chi connectivity index (χ1n) is 11.7. The third kappa shape index (κ3) is 6.58. The molecule has 1 saturated heterocycles. The van der Waals surface area contributed by atoms with Gasteiger partial charge in [-0.15, -0.1) is 0 Å². The van der Waals surface area contributed by atoms with Crippen molar-refractivity contribution in [2.75, 3.05) is 11.5 Å². The van der Waals surface area contributed by atoms with Crippen molar-refractivity contribution in [3.8, 4) is 11.5 Å². The fourth-order valence-electron chi connectivity index (χ4n) is 3.55. The van der Waals surface area contributed by atoms with Gasteiger partial charge in [-0.05, 0) is 88.1 Å². The van der Waals surface area contributed by atoms with Crippen LogP contribution < -0.4 is 19.7 Å². The van der Waals surface area contributed by atoms with E-state index in [1.807, 2.05) is 12.1 Å². The largest absolute Gasteiger partial charge is 0.494 e. The molecule has 4 rings (SSSR count). The second-order valence-electron chi connectivity index (χ2n) is 8.26. The molecule has 0 saturated carbocycles. The summed E-state index contributed by atoms with van der Waals surface area (Å²) >= 11 is 9.40. The van der Waals surface area contributed by atoms with E-state index in [0.29, 0.717) is 45.5 Å². The number of anilines is 1. The molecule has 0 atom stereocenters. The zero-order valence-electron chi connectivity index (χ0n) is 20.0. The molecule has 1 N–H and O–H groups in total. The Bertz CT molecular complexity index is 1340. The first-order valence-corrected chi connectivity index (χ1v) is 12.8. The van der Waals surface area contributed by atoms with Gasteiger partial charge >= 0.3 is 6.03 Å². The predicted octanol–water partition coefficient (Wildman–Crippen LogP) is 6.53. The summed E-state index contributed by atoms with van der Waals surface area (Å²) < 4.78 is 12.1. The highest BCUT2D eigenvalue weighted by molar-refractivity contribution is 9.10. The van der Waals surface area contributed by atoms with Crippen LogP contribution in [0, 0.1) is 0 Å². The molecule has 0 aromatic heterocycles. The van der Waals surface area contributed by atoms with Gasteiger partial charge in [0.25, 0.3) is 11.8 Å². The van der Waals surface area contributed by atoms with Crippen LogP contribution in [0.2, 0.25) is 5.02 Å². The maximum absolute atomic E-state index is 13.2. The number of urea groups is 1. The minimum absolute atomic E-state index is 0.162. The van der Waals surface area contributed by atoms with Crippen LogP contribution in [0.5, 0.6) is 11.5 Å². The highest BCUT2D eigenvalue weighted by Gasteiger charge is 2.36. The van der Waals surface area contributed by atoms with E-state index in [-0.39, 0.29) is 5.57 Å². The Balaban J connectivity index is 1.50. The molecule has 37 heavy (non-hydrogen) atoms. The summed E-state index contributed by atoms with van der Waals surface area (Å²) in [7, 11) is 0. The Hall–Kier alpha value is -3.62. The van der Waals surface area contributed by atoms with Gasteiger partial charge in [0.1, 0.15) is 23.7 Å². The molecule has 1 heterocycles. The van der Waals surface area contributed by atoms with Crippen LogP contribution in [0.3, 0.4) is 0 Å². The van der Waals surface area contributed by atoms with Crippen molar-refractivity contribution in [1.29, 1.82) is 0 Å². The minimum Gasteiger partial charge on any atom is -0.494 e. The summed E-state index contributed by atoms with van der Waals surface area (Å²) in [4.78, 5) is 39.1. The minimum atomic E-state index is -0.807. The highest BCUT2D eigenvalue weighted by atomic mass is 79.9. The molecule has 0 spiro atoms. The number of unbranched alkanes of at least 4 members (excludes halogenated alkanes) is 1. The van der Waals surface area contributed by atoms with E-state index in [1.165, 1.54) is 6.08 Å². The standard InChI is InChI=1S/C28H24BrClN2O5/c1-2-3-14-36-22-11-9-21(10-12-22)32-27(34)23(26(33)31-28(32)35)15-19-6-13-25(24(29)16-19)37-17-18-4-7-20(30)8-5-18/h4-13,15-16H,2-3,14,17H2,1H3,(H,31,33,35)/b23-15-. The normalized spacial score (nSPS) is 14.6. The lowest BCUT2D eigenvalue weighted by Crippen LogP contribution is -2.54. The maximum atomic E-state index is 13.2. The molecule has 0 bridgehead atoms. The smallest absolute Gasteiger partial charge is 0.335 e. The van der Waals surface area contributed by atoms with Gasteiger partial charge in [-0.2, -0.15) is 0 Å². The molecule has 190 valence electrons. The Morgan fingerprint density at radius 3 is 2.38 bits per heavy atom. The number of carbonyl (C=O) groups is 3. The van der Waals surface area contributed by atoms with Crippen molar-refractivity contribution in [3.63, 3.8) is 0 Å². The van der Waals surface area contributed by atoms with Crippen molar-refractivity contribution in [1.82, 2.24) is 5.32 Å². The molecule has 3 aromatic carbocycles. The zero-order chi connectivity index (χ0) is 26.4. The van der Waals surface area contributed by atoms with Gasteiger partial charge < -0.3 is 9.47 Å². The zero-order valence-corrected chi connectivity index (χ0v) is 22.3. The molecule has 3 aromatic rings. The van der Waals surface area contributed by atoms with E-state index in [2.05, 4.69) is 28.2 Å². The van der Waals surface area contributed by atoms with Gasteiger partial charge in [0.05, 0.1) is 16.8 Å². The Morgan fingerprint density at radius 2 is 1.70 bits per heavy atom.